The van der Waals surface area contributed by atoms with Crippen LogP contribution in [0.1, 0.15) is 16.1 Å². The Labute approximate surface area is 143 Å². The Hall–Kier alpha value is -1.77. The lowest BCUT2D eigenvalue weighted by Crippen LogP contribution is -2.18. The van der Waals surface area contributed by atoms with Gasteiger partial charge in [-0.1, -0.05) is 23.2 Å². The van der Waals surface area contributed by atoms with Gasteiger partial charge in [-0.2, -0.15) is 5.10 Å². The third-order valence-electron chi connectivity index (χ3n) is 3.08. The van der Waals surface area contributed by atoms with Gasteiger partial charge in [0.1, 0.15) is 10.7 Å². The van der Waals surface area contributed by atoms with Gasteiger partial charge in [0, 0.05) is 25.2 Å². The lowest BCUT2D eigenvalue weighted by atomic mass is 10.2. The number of halogens is 2. The topological polar surface area (TPSA) is 93.1 Å². The number of aromatic nitrogens is 2. The third kappa shape index (κ3) is 3.60. The van der Waals surface area contributed by atoms with Crippen molar-refractivity contribution in [2.45, 2.75) is 11.8 Å². The minimum atomic E-state index is -3.96. The van der Waals surface area contributed by atoms with Crippen LogP contribution in [0.5, 0.6) is 0 Å². The molecule has 1 heterocycles. The fourth-order valence-corrected chi connectivity index (χ4v) is 3.74. The Morgan fingerprint density at radius 2 is 1.87 bits per heavy atom. The summed E-state index contributed by atoms with van der Waals surface area (Å²) in [4.78, 5) is 11.4. The van der Waals surface area contributed by atoms with E-state index in [1.165, 1.54) is 37.0 Å². The SMILES string of the molecule is CNC(=O)c1cc(NS(=O)(=O)c2cc(C)c(Cl)cc2Cl)n(C)n1. The second-order valence-corrected chi connectivity index (χ2v) is 7.22. The van der Waals surface area contributed by atoms with Gasteiger partial charge in [0.15, 0.2) is 5.69 Å². The van der Waals surface area contributed by atoms with Crippen molar-refractivity contribution < 1.29 is 13.2 Å². The molecule has 2 rings (SSSR count). The van der Waals surface area contributed by atoms with E-state index in [-0.39, 0.29) is 21.4 Å². The van der Waals surface area contributed by atoms with Crippen LogP contribution in [-0.2, 0) is 17.1 Å². The van der Waals surface area contributed by atoms with Crippen molar-refractivity contribution in [3.63, 3.8) is 0 Å². The molecule has 10 heteroatoms. The summed E-state index contributed by atoms with van der Waals surface area (Å²) >= 11 is 11.9. The summed E-state index contributed by atoms with van der Waals surface area (Å²) in [6.07, 6.45) is 0. The first-order valence-corrected chi connectivity index (χ1v) is 8.64. The van der Waals surface area contributed by atoms with Crippen LogP contribution in [-0.4, -0.2) is 31.2 Å². The van der Waals surface area contributed by atoms with E-state index in [4.69, 9.17) is 23.2 Å². The zero-order valence-corrected chi connectivity index (χ0v) is 14.8. The van der Waals surface area contributed by atoms with Gasteiger partial charge in [-0.15, -0.1) is 0 Å². The average Bonchev–Trinajstić information content (AvgIpc) is 2.82. The van der Waals surface area contributed by atoms with Crippen LogP contribution in [0, 0.1) is 6.92 Å². The van der Waals surface area contributed by atoms with Crippen molar-refractivity contribution in [1.29, 1.82) is 0 Å². The number of amides is 1. The number of anilines is 1. The smallest absolute Gasteiger partial charge is 0.271 e. The zero-order valence-electron chi connectivity index (χ0n) is 12.5. The lowest BCUT2D eigenvalue weighted by molar-refractivity contribution is 0.0957. The summed E-state index contributed by atoms with van der Waals surface area (Å²) in [7, 11) is -0.990. The van der Waals surface area contributed by atoms with Gasteiger partial charge < -0.3 is 5.32 Å². The molecule has 23 heavy (non-hydrogen) atoms. The molecule has 0 saturated heterocycles. The number of carbonyl (C=O) groups is 1. The quantitative estimate of drug-likeness (QED) is 0.854. The molecule has 124 valence electrons. The van der Waals surface area contributed by atoms with Gasteiger partial charge in [-0.25, -0.2) is 8.42 Å². The van der Waals surface area contributed by atoms with E-state index in [2.05, 4.69) is 15.1 Å². The summed E-state index contributed by atoms with van der Waals surface area (Å²) in [5.74, 6) is -0.293. The van der Waals surface area contributed by atoms with Crippen LogP contribution in [0.2, 0.25) is 10.0 Å². The number of nitrogens with zero attached hydrogens (tertiary/aromatic N) is 2. The van der Waals surface area contributed by atoms with Crippen molar-refractivity contribution in [1.82, 2.24) is 15.1 Å². The summed E-state index contributed by atoms with van der Waals surface area (Å²) in [6, 6.07) is 4.07. The van der Waals surface area contributed by atoms with Crippen molar-refractivity contribution in [3.05, 3.63) is 39.5 Å². The average molecular weight is 377 g/mol. The molecule has 0 aliphatic heterocycles. The highest BCUT2D eigenvalue weighted by Crippen LogP contribution is 2.29. The van der Waals surface area contributed by atoms with E-state index < -0.39 is 15.9 Å². The fourth-order valence-electron chi connectivity index (χ4n) is 1.83. The fraction of sp³-hybridized carbons (Fsp3) is 0.231. The zero-order chi connectivity index (χ0) is 17.4. The molecule has 7 nitrogen and oxygen atoms in total. The largest absolute Gasteiger partial charge is 0.354 e. The molecule has 1 aromatic heterocycles. The van der Waals surface area contributed by atoms with Gasteiger partial charge in [-0.3, -0.25) is 14.2 Å². The molecule has 0 unspecified atom stereocenters. The van der Waals surface area contributed by atoms with Crippen LogP contribution in [0.25, 0.3) is 0 Å². The first-order valence-electron chi connectivity index (χ1n) is 6.40. The molecule has 0 spiro atoms. The summed E-state index contributed by atoms with van der Waals surface area (Å²) in [5.41, 5.74) is 0.665. The van der Waals surface area contributed by atoms with E-state index in [0.29, 0.717) is 10.6 Å². The first kappa shape index (κ1) is 17.6. The highest BCUT2D eigenvalue weighted by Gasteiger charge is 2.22. The maximum absolute atomic E-state index is 12.5. The predicted octanol–water partition coefficient (Wildman–Crippen LogP) is 2.20. The number of hydrogen-bond acceptors (Lipinski definition) is 4. The molecule has 0 fully saturated rings. The second kappa shape index (κ2) is 6.38. The minimum Gasteiger partial charge on any atom is -0.354 e. The maximum Gasteiger partial charge on any atom is 0.271 e. The highest BCUT2D eigenvalue weighted by atomic mass is 35.5. The number of rotatable bonds is 4. The Morgan fingerprint density at radius 1 is 1.22 bits per heavy atom. The number of carbonyl (C=O) groups excluding carboxylic acids is 1. The Kier molecular flexibility index (Phi) is 4.88. The summed E-state index contributed by atoms with van der Waals surface area (Å²) < 4.78 is 28.6. The molecule has 0 bridgehead atoms. The molecule has 2 N–H and O–H groups in total. The van der Waals surface area contributed by atoms with Gasteiger partial charge in [-0.05, 0) is 24.6 Å². The second-order valence-electron chi connectivity index (χ2n) is 4.75. The molecular formula is C13H14Cl2N4O3S. The summed E-state index contributed by atoms with van der Waals surface area (Å²) in [5, 5.41) is 6.72. The van der Waals surface area contributed by atoms with Gasteiger partial charge in [0.25, 0.3) is 15.9 Å². The molecule has 0 aliphatic carbocycles. The van der Waals surface area contributed by atoms with Crippen LogP contribution in [0.3, 0.4) is 0 Å². The normalized spacial score (nSPS) is 11.3. The third-order valence-corrected chi connectivity index (χ3v) is 5.31. The first-order chi connectivity index (χ1) is 10.7. The Morgan fingerprint density at radius 3 is 2.48 bits per heavy atom. The maximum atomic E-state index is 12.5. The molecule has 2 aromatic rings. The molecule has 1 aromatic carbocycles. The molecule has 0 aliphatic rings. The van der Waals surface area contributed by atoms with Crippen LogP contribution in [0.15, 0.2) is 23.1 Å². The van der Waals surface area contributed by atoms with Crippen LogP contribution < -0.4 is 10.0 Å². The van der Waals surface area contributed by atoms with Gasteiger partial charge >= 0.3 is 0 Å². The number of benzene rings is 1. The minimum absolute atomic E-state index is 0.00166. The van der Waals surface area contributed by atoms with E-state index in [9.17, 15) is 13.2 Å². The van der Waals surface area contributed by atoms with E-state index >= 15 is 0 Å². The van der Waals surface area contributed by atoms with Crippen molar-refractivity contribution >= 4 is 45.0 Å². The van der Waals surface area contributed by atoms with Crippen LogP contribution >= 0.6 is 23.2 Å². The van der Waals surface area contributed by atoms with Crippen LogP contribution in [0.4, 0.5) is 5.82 Å². The Bertz CT molecular complexity index is 878. The standard InChI is InChI=1S/C13H14Cl2N4O3S/c1-7-4-11(9(15)5-8(7)14)23(21,22)18-12-6-10(13(20)16-2)17-19(12)3/h4-6,18H,1-3H3,(H,16,20). The number of aryl methyl sites for hydroxylation is 2. The van der Waals surface area contributed by atoms with Crippen molar-refractivity contribution in [3.8, 4) is 0 Å². The molecule has 0 saturated carbocycles. The van der Waals surface area contributed by atoms with Gasteiger partial charge in [0.2, 0.25) is 0 Å². The molecule has 0 radical (unpaired) electrons. The predicted molar refractivity (Wildman–Crippen MR) is 88.6 cm³/mol. The number of nitrogens with one attached hydrogen (secondary N) is 2. The Balaban J connectivity index is 2.41. The molecular weight excluding hydrogens is 363 g/mol. The number of sulfonamides is 1. The highest BCUT2D eigenvalue weighted by molar-refractivity contribution is 7.92. The lowest BCUT2D eigenvalue weighted by Gasteiger charge is -2.11. The molecule has 1 amide bonds. The van der Waals surface area contributed by atoms with E-state index in [1.807, 2.05) is 0 Å². The van der Waals surface area contributed by atoms with Crippen molar-refractivity contribution in [2.75, 3.05) is 11.8 Å². The van der Waals surface area contributed by atoms with Gasteiger partial charge in [0.05, 0.1) is 5.02 Å². The van der Waals surface area contributed by atoms with E-state index in [1.54, 1.807) is 6.92 Å². The monoisotopic (exact) mass is 376 g/mol. The van der Waals surface area contributed by atoms with E-state index in [0.717, 1.165) is 0 Å². The molecule has 0 atom stereocenters. The number of hydrogen-bond donors (Lipinski definition) is 2. The summed E-state index contributed by atoms with van der Waals surface area (Å²) in [6.45, 7) is 1.67. The van der Waals surface area contributed by atoms with Crippen molar-refractivity contribution in [2.24, 2.45) is 7.05 Å².